The summed E-state index contributed by atoms with van der Waals surface area (Å²) in [6, 6.07) is 26.4. The second kappa shape index (κ2) is 11.9. The van der Waals surface area contributed by atoms with E-state index in [0.717, 1.165) is 33.8 Å². The molecular weight excluding hydrogens is 574 g/mol. The number of carbonyl (C=O) groups excluding carboxylic acids is 1. The number of H-pyrrole nitrogens is 1. The van der Waals surface area contributed by atoms with Gasteiger partial charge in [0.15, 0.2) is 0 Å². The van der Waals surface area contributed by atoms with E-state index in [9.17, 15) is 4.79 Å². The lowest BCUT2D eigenvalue weighted by molar-refractivity contribution is 0.00578. The number of aromatic amines is 1. The van der Waals surface area contributed by atoms with Crippen LogP contribution in [0, 0.1) is 0 Å². The minimum absolute atomic E-state index is 0.0993. The Morgan fingerprint density at radius 3 is 1.80 bits per heavy atom. The van der Waals surface area contributed by atoms with Gasteiger partial charge in [0.25, 0.3) is 0 Å². The van der Waals surface area contributed by atoms with Gasteiger partial charge in [-0.2, -0.15) is 0 Å². The fraction of sp³-hybridized carbons (Fsp3) is 0.378. The molecule has 0 unspecified atom stereocenters. The molecular formula is C37H44B2N2O5. The fourth-order valence-corrected chi connectivity index (χ4v) is 5.72. The third-order valence-corrected chi connectivity index (χ3v) is 10.1. The summed E-state index contributed by atoms with van der Waals surface area (Å²) in [4.78, 5) is 15.9. The molecule has 0 aliphatic carbocycles. The molecule has 0 spiro atoms. The van der Waals surface area contributed by atoms with Crippen LogP contribution in [0.4, 0.5) is 0 Å². The largest absolute Gasteiger partial charge is 0.494 e. The number of hydrogen-bond acceptors (Lipinski definition) is 5. The van der Waals surface area contributed by atoms with Crippen LogP contribution in [-0.2, 0) is 25.0 Å². The molecule has 2 saturated heterocycles. The Balaban J connectivity index is 0.000000178. The first-order chi connectivity index (χ1) is 21.7. The van der Waals surface area contributed by atoms with E-state index >= 15 is 0 Å². The molecule has 2 aliphatic rings. The number of nitrogens with one attached hydrogen (secondary N) is 1. The van der Waals surface area contributed by atoms with Crippen molar-refractivity contribution in [2.45, 2.75) is 90.6 Å². The molecule has 2 fully saturated rings. The zero-order valence-electron chi connectivity index (χ0n) is 28.2. The van der Waals surface area contributed by atoms with Gasteiger partial charge in [-0.1, -0.05) is 54.6 Å². The first-order valence-corrected chi connectivity index (χ1v) is 16.1. The van der Waals surface area contributed by atoms with E-state index in [1.807, 2.05) is 76.5 Å². The lowest BCUT2D eigenvalue weighted by Gasteiger charge is -2.32. The maximum atomic E-state index is 12.7. The lowest BCUT2D eigenvalue weighted by atomic mass is 9.78. The summed E-state index contributed by atoms with van der Waals surface area (Å²) < 4.78 is 26.1. The molecule has 1 N–H and O–H groups in total. The van der Waals surface area contributed by atoms with Crippen molar-refractivity contribution in [1.82, 2.24) is 9.55 Å². The molecule has 2 aliphatic heterocycles. The van der Waals surface area contributed by atoms with Crippen LogP contribution in [0.15, 0.2) is 91.3 Å². The van der Waals surface area contributed by atoms with Gasteiger partial charge >= 0.3 is 14.2 Å². The Labute approximate surface area is 272 Å². The molecule has 0 bridgehead atoms. The van der Waals surface area contributed by atoms with E-state index < -0.39 is 7.12 Å². The molecule has 7 rings (SSSR count). The van der Waals surface area contributed by atoms with Crippen LogP contribution >= 0.6 is 0 Å². The van der Waals surface area contributed by atoms with Crippen molar-refractivity contribution in [2.75, 3.05) is 0 Å². The van der Waals surface area contributed by atoms with Crippen LogP contribution in [0.25, 0.3) is 21.8 Å². The van der Waals surface area contributed by atoms with Crippen molar-refractivity contribution in [2.24, 2.45) is 0 Å². The summed E-state index contributed by atoms with van der Waals surface area (Å²) >= 11 is 0. The summed E-state index contributed by atoms with van der Waals surface area (Å²) in [5, 5.41) is 2.20. The van der Waals surface area contributed by atoms with E-state index in [2.05, 4.69) is 75.1 Å². The molecule has 5 aromatic rings. The molecule has 9 heteroatoms. The van der Waals surface area contributed by atoms with Crippen LogP contribution in [0.2, 0.25) is 0 Å². The zero-order chi connectivity index (χ0) is 32.9. The van der Waals surface area contributed by atoms with Gasteiger partial charge < -0.3 is 23.6 Å². The van der Waals surface area contributed by atoms with Crippen LogP contribution in [0.1, 0.15) is 72.2 Å². The van der Waals surface area contributed by atoms with E-state index in [0.29, 0.717) is 6.42 Å². The lowest BCUT2D eigenvalue weighted by Crippen LogP contribution is -2.41. The highest BCUT2D eigenvalue weighted by atomic mass is 16.7. The molecule has 0 saturated carbocycles. The quantitative estimate of drug-likeness (QED) is 0.223. The van der Waals surface area contributed by atoms with Crippen molar-refractivity contribution >= 4 is 52.9 Å². The Hall–Kier alpha value is -3.62. The van der Waals surface area contributed by atoms with Gasteiger partial charge in [-0.05, 0) is 113 Å². The number of aromatic nitrogens is 2. The molecule has 4 heterocycles. The number of hydrogen-bond donors (Lipinski definition) is 1. The summed E-state index contributed by atoms with van der Waals surface area (Å²) in [5.41, 5.74) is 3.96. The number of benzene rings is 3. The van der Waals surface area contributed by atoms with E-state index in [-0.39, 0.29) is 35.4 Å². The number of rotatable bonds is 5. The molecule has 238 valence electrons. The van der Waals surface area contributed by atoms with Crippen molar-refractivity contribution < 1.29 is 23.4 Å². The first kappa shape index (κ1) is 32.3. The molecule has 0 radical (unpaired) electrons. The smallest absolute Gasteiger partial charge is 0.399 e. The maximum Gasteiger partial charge on any atom is 0.494 e. The zero-order valence-corrected chi connectivity index (χ0v) is 28.2. The fourth-order valence-electron chi connectivity index (χ4n) is 5.72. The SMILES string of the molecule is CC1(C)OB(c2ccc3[nH]ccc3c2)OC1(C)C.CC1(C)OB(c2ccc3c(ccn3C(=O)CCc3ccccc3)c2)OC1(C)C. The van der Waals surface area contributed by atoms with E-state index in [1.54, 1.807) is 4.57 Å². The molecule has 46 heavy (non-hydrogen) atoms. The highest BCUT2D eigenvalue weighted by molar-refractivity contribution is 6.62. The molecule has 3 aromatic carbocycles. The predicted molar refractivity (Wildman–Crippen MR) is 187 cm³/mol. The summed E-state index contributed by atoms with van der Waals surface area (Å²) in [6.07, 6.45) is 5.02. The number of carbonyl (C=O) groups is 1. The van der Waals surface area contributed by atoms with E-state index in [1.165, 1.54) is 10.9 Å². The van der Waals surface area contributed by atoms with Crippen LogP contribution in [0.5, 0.6) is 0 Å². The summed E-state index contributed by atoms with van der Waals surface area (Å²) in [6.45, 7) is 16.5. The van der Waals surface area contributed by atoms with Gasteiger partial charge in [-0.3, -0.25) is 9.36 Å². The monoisotopic (exact) mass is 618 g/mol. The van der Waals surface area contributed by atoms with Gasteiger partial charge in [-0.15, -0.1) is 0 Å². The topological polar surface area (TPSA) is 74.7 Å². The van der Waals surface area contributed by atoms with Gasteiger partial charge in [0, 0.05) is 24.3 Å². The maximum absolute atomic E-state index is 12.7. The summed E-state index contributed by atoms with van der Waals surface area (Å²) in [5.74, 6) is 0.0993. The normalized spacial score (nSPS) is 19.4. The third kappa shape index (κ3) is 6.21. The van der Waals surface area contributed by atoms with E-state index in [4.69, 9.17) is 18.6 Å². The first-order valence-electron chi connectivity index (χ1n) is 16.1. The van der Waals surface area contributed by atoms with Crippen molar-refractivity contribution in [3.8, 4) is 0 Å². The molecule has 7 nitrogen and oxygen atoms in total. The Kier molecular flexibility index (Phi) is 8.34. The van der Waals surface area contributed by atoms with Crippen molar-refractivity contribution in [3.05, 3.63) is 96.8 Å². The third-order valence-electron chi connectivity index (χ3n) is 10.1. The second-order valence-electron chi connectivity index (χ2n) is 14.4. The predicted octanol–water partition coefficient (Wildman–Crippen LogP) is 6.68. The Morgan fingerprint density at radius 1 is 0.674 bits per heavy atom. The highest BCUT2D eigenvalue weighted by Gasteiger charge is 2.52. The van der Waals surface area contributed by atoms with Crippen LogP contribution < -0.4 is 10.9 Å². The van der Waals surface area contributed by atoms with Crippen LogP contribution in [-0.4, -0.2) is 52.1 Å². The van der Waals surface area contributed by atoms with Gasteiger partial charge in [0.05, 0.1) is 27.9 Å². The highest BCUT2D eigenvalue weighted by Crippen LogP contribution is 2.37. The van der Waals surface area contributed by atoms with Crippen molar-refractivity contribution in [3.63, 3.8) is 0 Å². The number of fused-ring (bicyclic) bond motifs is 2. The van der Waals surface area contributed by atoms with Crippen molar-refractivity contribution in [1.29, 1.82) is 0 Å². The van der Waals surface area contributed by atoms with Gasteiger partial charge in [0.1, 0.15) is 0 Å². The van der Waals surface area contributed by atoms with Gasteiger partial charge in [0.2, 0.25) is 5.91 Å². The minimum atomic E-state index is -0.397. The molecule has 2 aromatic heterocycles. The number of nitrogens with zero attached hydrogens (tertiary/aromatic N) is 1. The minimum Gasteiger partial charge on any atom is -0.399 e. The van der Waals surface area contributed by atoms with Gasteiger partial charge in [-0.25, -0.2) is 0 Å². The Morgan fingerprint density at radius 2 is 1.22 bits per heavy atom. The second-order valence-corrected chi connectivity index (χ2v) is 14.4. The Bertz CT molecular complexity index is 1830. The molecule has 0 atom stereocenters. The van der Waals surface area contributed by atoms with Crippen LogP contribution in [0.3, 0.4) is 0 Å². The average molecular weight is 618 g/mol. The molecule has 0 amide bonds. The average Bonchev–Trinajstić information content (AvgIpc) is 3.74. The number of aryl methyl sites for hydroxylation is 1. The summed E-state index contributed by atoms with van der Waals surface area (Å²) in [7, 11) is -0.680. The standard InChI is InChI=1S/C23H26BNO3.C14H18BNO2/c1-22(2)23(3,4)28-24(27-22)19-11-12-20-18(16-19)14-15-25(20)21(26)13-10-17-8-6-5-7-9-17;1-13(2)14(3,4)18-15(17-13)11-5-6-12-10(9-11)7-8-16-12/h5-9,11-12,14-16H,10,13H2,1-4H3;5-9,16H,1-4H3.